The molecule has 0 unspecified atom stereocenters. The van der Waals surface area contributed by atoms with E-state index in [4.69, 9.17) is 22.3 Å². The Morgan fingerprint density at radius 1 is 0.889 bits per heavy atom. The van der Waals surface area contributed by atoms with E-state index in [1.54, 1.807) is 12.1 Å². The minimum atomic E-state index is -3.58. The lowest BCUT2D eigenvalue weighted by Gasteiger charge is -2.08. The highest BCUT2D eigenvalue weighted by Gasteiger charge is 2.13. The van der Waals surface area contributed by atoms with E-state index in [1.165, 1.54) is 36.2 Å². The second kappa shape index (κ2) is 9.51. The van der Waals surface area contributed by atoms with Gasteiger partial charge in [0.25, 0.3) is 0 Å². The molecule has 0 aliphatic rings. The molecule has 0 amide bonds. The van der Waals surface area contributed by atoms with E-state index < -0.39 is 10.0 Å². The van der Waals surface area contributed by atoms with E-state index in [0.29, 0.717) is 30.6 Å². The maximum Gasteiger partial charge on any atom is 0.240 e. The van der Waals surface area contributed by atoms with Crippen LogP contribution in [0.5, 0.6) is 0 Å². The zero-order chi connectivity index (χ0) is 19.9. The van der Waals surface area contributed by atoms with Crippen molar-refractivity contribution in [2.45, 2.75) is 16.2 Å². The summed E-state index contributed by atoms with van der Waals surface area (Å²) in [5.41, 5.74) is 11.9. The second-order valence-corrected chi connectivity index (χ2v) is 8.35. The van der Waals surface area contributed by atoms with Gasteiger partial charge in [0.05, 0.1) is 4.90 Å². The van der Waals surface area contributed by atoms with Gasteiger partial charge in [-0.3, -0.25) is 15.5 Å². The summed E-state index contributed by atoms with van der Waals surface area (Å²) in [5.74, 6) is -0.0749. The Hall–Kier alpha value is -2.40. The molecule has 144 valence electrons. The van der Waals surface area contributed by atoms with Crippen LogP contribution in [-0.4, -0.2) is 33.2 Å². The molecule has 0 bridgehead atoms. The van der Waals surface area contributed by atoms with Gasteiger partial charge in [-0.2, -0.15) is 0 Å². The second-order valence-electron chi connectivity index (χ2n) is 5.62. The van der Waals surface area contributed by atoms with Gasteiger partial charge < -0.3 is 11.5 Å². The number of benzene rings is 2. The van der Waals surface area contributed by atoms with Gasteiger partial charge in [0, 0.05) is 29.1 Å². The van der Waals surface area contributed by atoms with Gasteiger partial charge in [0.1, 0.15) is 11.7 Å². The van der Waals surface area contributed by atoms with Gasteiger partial charge in [0.15, 0.2) is 0 Å². The van der Waals surface area contributed by atoms with Gasteiger partial charge in [0.2, 0.25) is 10.0 Å². The number of nitrogens with one attached hydrogen (secondary N) is 4. The van der Waals surface area contributed by atoms with Crippen molar-refractivity contribution in [3.63, 3.8) is 0 Å². The SMILES string of the molecule is N=C(N)c1ccc(SNCCCNS(=O)(=O)c2ccc(C(=N)N)cc2)cc1. The molecule has 0 saturated heterocycles. The van der Waals surface area contributed by atoms with Crippen LogP contribution in [0.3, 0.4) is 0 Å². The first-order valence-electron chi connectivity index (χ1n) is 8.08. The predicted octanol–water partition coefficient (Wildman–Crippen LogP) is 1.22. The number of hydrogen-bond donors (Lipinski definition) is 6. The maximum atomic E-state index is 12.2. The van der Waals surface area contributed by atoms with E-state index >= 15 is 0 Å². The molecule has 0 saturated carbocycles. The number of nitrogens with two attached hydrogens (primary N) is 2. The topological polar surface area (TPSA) is 158 Å². The Kier molecular flexibility index (Phi) is 7.36. The molecule has 0 radical (unpaired) electrons. The molecule has 0 heterocycles. The highest BCUT2D eigenvalue weighted by atomic mass is 32.2. The van der Waals surface area contributed by atoms with Crippen molar-refractivity contribution in [2.24, 2.45) is 11.5 Å². The number of sulfonamides is 1. The molecule has 8 N–H and O–H groups in total. The summed E-state index contributed by atoms with van der Waals surface area (Å²) >= 11 is 1.43. The van der Waals surface area contributed by atoms with Crippen molar-refractivity contribution >= 4 is 33.6 Å². The van der Waals surface area contributed by atoms with Crippen LogP contribution >= 0.6 is 11.9 Å². The van der Waals surface area contributed by atoms with Crippen molar-refractivity contribution in [3.05, 3.63) is 59.7 Å². The largest absolute Gasteiger partial charge is 0.384 e. The summed E-state index contributed by atoms with van der Waals surface area (Å²) in [6.07, 6.45) is 0.614. The first kappa shape index (κ1) is 20.9. The van der Waals surface area contributed by atoms with Crippen LogP contribution in [0.15, 0.2) is 58.3 Å². The Morgan fingerprint density at radius 2 is 1.41 bits per heavy atom. The van der Waals surface area contributed by atoms with Gasteiger partial charge >= 0.3 is 0 Å². The van der Waals surface area contributed by atoms with Crippen LogP contribution < -0.4 is 20.9 Å². The molecular formula is C17H22N6O2S2. The lowest BCUT2D eigenvalue weighted by molar-refractivity contribution is 0.579. The van der Waals surface area contributed by atoms with Crippen LogP contribution in [0, 0.1) is 10.8 Å². The molecule has 0 aliphatic carbocycles. The van der Waals surface area contributed by atoms with Crippen LogP contribution in [0.4, 0.5) is 0 Å². The van der Waals surface area contributed by atoms with E-state index in [2.05, 4.69) is 9.44 Å². The summed E-state index contributed by atoms with van der Waals surface area (Å²) in [6, 6.07) is 13.1. The van der Waals surface area contributed by atoms with E-state index in [1.807, 2.05) is 12.1 Å². The predicted molar refractivity (Wildman–Crippen MR) is 109 cm³/mol. The minimum Gasteiger partial charge on any atom is -0.384 e. The number of amidine groups is 2. The summed E-state index contributed by atoms with van der Waals surface area (Å²) < 4.78 is 30.1. The third-order valence-corrected chi connectivity index (χ3v) is 5.91. The van der Waals surface area contributed by atoms with Gasteiger partial charge in [-0.1, -0.05) is 12.1 Å². The van der Waals surface area contributed by atoms with Crippen LogP contribution in [-0.2, 0) is 10.0 Å². The molecule has 0 fully saturated rings. The molecule has 0 atom stereocenters. The van der Waals surface area contributed by atoms with Crippen LogP contribution in [0.25, 0.3) is 0 Å². The number of rotatable bonds is 10. The molecule has 0 spiro atoms. The molecule has 0 aliphatic heterocycles. The first-order valence-corrected chi connectivity index (χ1v) is 10.4. The van der Waals surface area contributed by atoms with Crippen molar-refractivity contribution < 1.29 is 8.42 Å². The summed E-state index contributed by atoms with van der Waals surface area (Å²) in [6.45, 7) is 0.915. The highest BCUT2D eigenvalue weighted by molar-refractivity contribution is 7.97. The third-order valence-electron chi connectivity index (χ3n) is 3.58. The molecule has 2 aromatic carbocycles. The van der Waals surface area contributed by atoms with Gasteiger partial charge in [-0.15, -0.1) is 0 Å². The lowest BCUT2D eigenvalue weighted by atomic mass is 10.2. The standard InChI is InChI=1S/C17H22N6O2S2/c18-16(19)12-2-6-14(7-3-12)26-22-10-1-11-23-27(24,25)15-8-4-13(5-9-15)17(20)21/h2-9,22-23H,1,10-11H2,(H3,18,19)(H3,20,21). The minimum absolute atomic E-state index is 0.0303. The number of hydrogen-bond acceptors (Lipinski definition) is 6. The maximum absolute atomic E-state index is 12.2. The molecule has 27 heavy (non-hydrogen) atoms. The fourth-order valence-electron chi connectivity index (χ4n) is 2.10. The average molecular weight is 407 g/mol. The Balaban J connectivity index is 1.72. The molecular weight excluding hydrogens is 384 g/mol. The number of nitrogen functional groups attached to an aromatic ring is 2. The Morgan fingerprint density at radius 3 is 1.93 bits per heavy atom. The lowest BCUT2D eigenvalue weighted by Crippen LogP contribution is -2.26. The fraction of sp³-hybridized carbons (Fsp3) is 0.176. The summed E-state index contributed by atoms with van der Waals surface area (Å²) in [4.78, 5) is 1.12. The first-order chi connectivity index (χ1) is 12.8. The molecule has 2 aromatic rings. The quantitative estimate of drug-likeness (QED) is 0.151. The summed E-state index contributed by atoms with van der Waals surface area (Å²) in [7, 11) is -3.58. The monoisotopic (exact) mass is 406 g/mol. The van der Waals surface area contributed by atoms with Gasteiger partial charge in [-0.25, -0.2) is 13.1 Å². The fourth-order valence-corrected chi connectivity index (χ4v) is 3.86. The highest BCUT2D eigenvalue weighted by Crippen LogP contribution is 2.15. The summed E-state index contributed by atoms with van der Waals surface area (Å²) in [5, 5.41) is 14.7. The molecule has 10 heteroatoms. The smallest absolute Gasteiger partial charge is 0.240 e. The Bertz CT molecular complexity index is 896. The van der Waals surface area contributed by atoms with Gasteiger partial charge in [-0.05, 0) is 54.8 Å². The van der Waals surface area contributed by atoms with Crippen molar-refractivity contribution in [2.75, 3.05) is 13.1 Å². The van der Waals surface area contributed by atoms with E-state index in [9.17, 15) is 8.42 Å². The molecule has 0 aromatic heterocycles. The van der Waals surface area contributed by atoms with Crippen LogP contribution in [0.1, 0.15) is 17.5 Å². The van der Waals surface area contributed by atoms with Crippen LogP contribution in [0.2, 0.25) is 0 Å². The zero-order valence-corrected chi connectivity index (χ0v) is 16.2. The van der Waals surface area contributed by atoms with Crippen molar-refractivity contribution in [1.82, 2.24) is 9.44 Å². The normalized spacial score (nSPS) is 11.3. The molecule has 8 nitrogen and oxygen atoms in total. The average Bonchev–Trinajstić information content (AvgIpc) is 2.65. The van der Waals surface area contributed by atoms with E-state index in [0.717, 1.165) is 4.90 Å². The third kappa shape index (κ3) is 6.36. The Labute approximate surface area is 162 Å². The van der Waals surface area contributed by atoms with E-state index in [-0.39, 0.29) is 16.6 Å². The zero-order valence-electron chi connectivity index (χ0n) is 14.5. The molecule has 2 rings (SSSR count). The van der Waals surface area contributed by atoms with Crippen molar-refractivity contribution in [3.8, 4) is 0 Å². The van der Waals surface area contributed by atoms with Crippen molar-refractivity contribution in [1.29, 1.82) is 10.8 Å².